The minimum atomic E-state index is -0.374. The average Bonchev–Trinajstić information content (AvgIpc) is 3.14. The van der Waals surface area contributed by atoms with Crippen LogP contribution >= 0.6 is 0 Å². The second-order valence-electron chi connectivity index (χ2n) is 4.99. The maximum absolute atomic E-state index is 12.2. The standard InChI is InChI=1S/C18H15N3O3/c22-17(19-12-14-8-5-11-24-14)15-9-4-10-16(21-15)18(23)20-13-6-2-1-3-7-13/h1-11H,12H2,(H,19,22)(H,20,23). The predicted molar refractivity (Wildman–Crippen MR) is 88.5 cm³/mol. The molecule has 0 saturated carbocycles. The summed E-state index contributed by atoms with van der Waals surface area (Å²) in [6.07, 6.45) is 1.54. The van der Waals surface area contributed by atoms with Crippen molar-refractivity contribution in [1.82, 2.24) is 10.3 Å². The van der Waals surface area contributed by atoms with E-state index in [0.717, 1.165) is 0 Å². The number of rotatable bonds is 5. The molecule has 0 saturated heterocycles. The molecular weight excluding hydrogens is 306 g/mol. The first kappa shape index (κ1) is 15.5. The van der Waals surface area contributed by atoms with Crippen LogP contribution in [0.2, 0.25) is 0 Å². The van der Waals surface area contributed by atoms with Crippen LogP contribution < -0.4 is 10.6 Å². The molecule has 0 atom stereocenters. The van der Waals surface area contributed by atoms with E-state index in [1.54, 1.807) is 42.5 Å². The fourth-order valence-electron chi connectivity index (χ4n) is 2.08. The Hall–Kier alpha value is -3.41. The lowest BCUT2D eigenvalue weighted by molar-refractivity contribution is 0.0943. The van der Waals surface area contributed by atoms with Crippen molar-refractivity contribution in [2.24, 2.45) is 0 Å². The molecule has 6 nitrogen and oxygen atoms in total. The molecule has 0 spiro atoms. The summed E-state index contributed by atoms with van der Waals surface area (Å²) in [6.45, 7) is 0.258. The molecule has 3 rings (SSSR count). The van der Waals surface area contributed by atoms with Crippen LogP contribution in [-0.2, 0) is 6.54 Å². The third-order valence-electron chi connectivity index (χ3n) is 3.25. The van der Waals surface area contributed by atoms with Gasteiger partial charge in [-0.1, -0.05) is 24.3 Å². The van der Waals surface area contributed by atoms with Crippen LogP contribution in [0.25, 0.3) is 0 Å². The average molecular weight is 321 g/mol. The van der Waals surface area contributed by atoms with Crippen molar-refractivity contribution >= 4 is 17.5 Å². The summed E-state index contributed by atoms with van der Waals surface area (Å²) in [5, 5.41) is 5.42. The number of para-hydroxylation sites is 1. The Morgan fingerprint density at radius 1 is 0.875 bits per heavy atom. The van der Waals surface area contributed by atoms with E-state index in [2.05, 4.69) is 15.6 Å². The number of hydrogen-bond acceptors (Lipinski definition) is 4. The van der Waals surface area contributed by atoms with Gasteiger partial charge >= 0.3 is 0 Å². The molecule has 6 heteroatoms. The summed E-state index contributed by atoms with van der Waals surface area (Å²) >= 11 is 0. The van der Waals surface area contributed by atoms with Gasteiger partial charge in [-0.15, -0.1) is 0 Å². The number of anilines is 1. The van der Waals surface area contributed by atoms with Gasteiger partial charge in [0.25, 0.3) is 11.8 Å². The van der Waals surface area contributed by atoms with Gasteiger partial charge in [0.2, 0.25) is 0 Å². The topological polar surface area (TPSA) is 84.2 Å². The third kappa shape index (κ3) is 3.86. The van der Waals surface area contributed by atoms with Gasteiger partial charge < -0.3 is 15.1 Å². The second-order valence-corrected chi connectivity index (χ2v) is 4.99. The number of hydrogen-bond donors (Lipinski definition) is 2. The smallest absolute Gasteiger partial charge is 0.274 e. The van der Waals surface area contributed by atoms with E-state index in [-0.39, 0.29) is 29.7 Å². The molecule has 2 N–H and O–H groups in total. The number of amides is 2. The predicted octanol–water partition coefficient (Wildman–Crippen LogP) is 2.86. The van der Waals surface area contributed by atoms with E-state index >= 15 is 0 Å². The fourth-order valence-corrected chi connectivity index (χ4v) is 2.08. The van der Waals surface area contributed by atoms with Gasteiger partial charge in [0.05, 0.1) is 12.8 Å². The van der Waals surface area contributed by atoms with Crippen LogP contribution in [0.1, 0.15) is 26.7 Å². The van der Waals surface area contributed by atoms with Crippen LogP contribution in [-0.4, -0.2) is 16.8 Å². The highest BCUT2D eigenvalue weighted by molar-refractivity contribution is 6.03. The molecule has 2 heterocycles. The van der Waals surface area contributed by atoms with Crippen LogP contribution in [0, 0.1) is 0 Å². The quantitative estimate of drug-likeness (QED) is 0.757. The van der Waals surface area contributed by atoms with Gasteiger partial charge in [0.1, 0.15) is 17.1 Å². The Kier molecular flexibility index (Phi) is 4.67. The van der Waals surface area contributed by atoms with Gasteiger partial charge in [-0.2, -0.15) is 0 Å². The van der Waals surface area contributed by atoms with Gasteiger partial charge in [0, 0.05) is 5.69 Å². The highest BCUT2D eigenvalue weighted by Crippen LogP contribution is 2.08. The molecule has 0 aliphatic carbocycles. The molecule has 0 radical (unpaired) electrons. The molecule has 0 fully saturated rings. The summed E-state index contributed by atoms with van der Waals surface area (Å²) < 4.78 is 5.15. The van der Waals surface area contributed by atoms with Crippen molar-refractivity contribution in [3.63, 3.8) is 0 Å². The molecule has 3 aromatic rings. The first-order valence-corrected chi connectivity index (χ1v) is 7.36. The van der Waals surface area contributed by atoms with Gasteiger partial charge in [0.15, 0.2) is 0 Å². The largest absolute Gasteiger partial charge is 0.467 e. The lowest BCUT2D eigenvalue weighted by Crippen LogP contribution is -2.24. The van der Waals surface area contributed by atoms with Crippen LogP contribution in [0.4, 0.5) is 5.69 Å². The Bertz CT molecular complexity index is 830. The summed E-state index contributed by atoms with van der Waals surface area (Å²) in [6, 6.07) is 17.3. The van der Waals surface area contributed by atoms with E-state index < -0.39 is 0 Å². The van der Waals surface area contributed by atoms with Crippen molar-refractivity contribution in [1.29, 1.82) is 0 Å². The Morgan fingerprint density at radius 3 is 2.33 bits per heavy atom. The van der Waals surface area contributed by atoms with Crippen LogP contribution in [0.15, 0.2) is 71.3 Å². The highest BCUT2D eigenvalue weighted by Gasteiger charge is 2.12. The number of carbonyl (C=O) groups is 2. The summed E-state index contributed by atoms with van der Waals surface area (Å²) in [5.74, 6) is -0.107. The van der Waals surface area contributed by atoms with E-state index in [1.807, 2.05) is 18.2 Å². The van der Waals surface area contributed by atoms with Crippen LogP contribution in [0.5, 0.6) is 0 Å². The summed E-state index contributed by atoms with van der Waals surface area (Å²) in [5.41, 5.74) is 1.00. The zero-order valence-electron chi connectivity index (χ0n) is 12.7. The molecule has 0 bridgehead atoms. The first-order chi connectivity index (χ1) is 11.7. The van der Waals surface area contributed by atoms with E-state index in [1.165, 1.54) is 6.26 Å². The van der Waals surface area contributed by atoms with Crippen molar-refractivity contribution < 1.29 is 14.0 Å². The number of carbonyl (C=O) groups excluding carboxylic acids is 2. The Morgan fingerprint density at radius 2 is 1.62 bits per heavy atom. The maximum atomic E-state index is 12.2. The van der Waals surface area contributed by atoms with Gasteiger partial charge in [-0.25, -0.2) is 4.98 Å². The molecular formula is C18H15N3O3. The van der Waals surface area contributed by atoms with Gasteiger partial charge in [-0.3, -0.25) is 9.59 Å². The maximum Gasteiger partial charge on any atom is 0.274 e. The number of nitrogens with one attached hydrogen (secondary N) is 2. The van der Waals surface area contributed by atoms with Crippen molar-refractivity contribution in [2.75, 3.05) is 5.32 Å². The number of furan rings is 1. The first-order valence-electron chi connectivity index (χ1n) is 7.36. The zero-order valence-corrected chi connectivity index (χ0v) is 12.7. The minimum absolute atomic E-state index is 0.169. The minimum Gasteiger partial charge on any atom is -0.467 e. The van der Waals surface area contributed by atoms with Crippen molar-refractivity contribution in [3.8, 4) is 0 Å². The zero-order chi connectivity index (χ0) is 16.8. The van der Waals surface area contributed by atoms with E-state index in [4.69, 9.17) is 4.42 Å². The summed E-state index contributed by atoms with van der Waals surface area (Å²) in [7, 11) is 0. The Balaban J connectivity index is 1.66. The monoisotopic (exact) mass is 321 g/mol. The molecule has 0 aliphatic rings. The van der Waals surface area contributed by atoms with E-state index in [9.17, 15) is 9.59 Å². The lowest BCUT2D eigenvalue weighted by atomic mass is 10.2. The lowest BCUT2D eigenvalue weighted by Gasteiger charge is -2.06. The molecule has 120 valence electrons. The molecule has 0 unspecified atom stereocenters. The Labute approximate surface area is 138 Å². The number of pyridine rings is 1. The number of nitrogens with zero attached hydrogens (tertiary/aromatic N) is 1. The third-order valence-corrected chi connectivity index (χ3v) is 3.25. The van der Waals surface area contributed by atoms with Crippen molar-refractivity contribution in [2.45, 2.75) is 6.54 Å². The number of benzene rings is 1. The highest BCUT2D eigenvalue weighted by atomic mass is 16.3. The molecule has 2 aromatic heterocycles. The molecule has 1 aromatic carbocycles. The van der Waals surface area contributed by atoms with Crippen LogP contribution in [0.3, 0.4) is 0 Å². The fraction of sp³-hybridized carbons (Fsp3) is 0.0556. The van der Waals surface area contributed by atoms with E-state index in [0.29, 0.717) is 11.4 Å². The second kappa shape index (κ2) is 7.23. The summed E-state index contributed by atoms with van der Waals surface area (Å²) in [4.78, 5) is 28.5. The number of aromatic nitrogens is 1. The normalized spacial score (nSPS) is 10.2. The van der Waals surface area contributed by atoms with Gasteiger partial charge in [-0.05, 0) is 36.4 Å². The molecule has 24 heavy (non-hydrogen) atoms. The molecule has 2 amide bonds. The van der Waals surface area contributed by atoms with Crippen molar-refractivity contribution in [3.05, 3.63) is 84.1 Å². The SMILES string of the molecule is O=C(NCc1ccco1)c1cccc(C(=O)Nc2ccccc2)n1. The molecule has 0 aliphatic heterocycles.